The van der Waals surface area contributed by atoms with Crippen molar-refractivity contribution < 1.29 is 14.3 Å². The standard InChI is InChI=1S/C21H18N2O3/c24-21(13-17-6-3-5-16-4-1-2-7-18(16)17)23-22-14-15-8-9-19-20(12-15)26-11-10-25-19/h1-9,12,14H,10-11,13H2,(H,23,24)/b22-14+. The molecule has 0 spiro atoms. The molecular formula is C21H18N2O3. The molecule has 0 bridgehead atoms. The Hall–Kier alpha value is -3.34. The molecule has 0 saturated heterocycles. The number of rotatable bonds is 4. The summed E-state index contributed by atoms with van der Waals surface area (Å²) in [6, 6.07) is 19.5. The summed E-state index contributed by atoms with van der Waals surface area (Å²) in [6.07, 6.45) is 1.87. The Morgan fingerprint density at radius 3 is 2.73 bits per heavy atom. The smallest absolute Gasteiger partial charge is 0.244 e. The lowest BCUT2D eigenvalue weighted by Crippen LogP contribution is -2.20. The maximum Gasteiger partial charge on any atom is 0.244 e. The zero-order valence-electron chi connectivity index (χ0n) is 14.1. The first-order chi connectivity index (χ1) is 12.8. The quantitative estimate of drug-likeness (QED) is 0.582. The molecule has 4 rings (SSSR count). The Balaban J connectivity index is 1.41. The van der Waals surface area contributed by atoms with Crippen LogP contribution in [0.25, 0.3) is 10.8 Å². The molecule has 5 heteroatoms. The fourth-order valence-electron chi connectivity index (χ4n) is 2.98. The maximum atomic E-state index is 12.2. The van der Waals surface area contributed by atoms with E-state index in [2.05, 4.69) is 10.5 Å². The number of benzene rings is 3. The van der Waals surface area contributed by atoms with Gasteiger partial charge in [-0.25, -0.2) is 5.43 Å². The van der Waals surface area contributed by atoms with Crippen LogP contribution in [0.15, 0.2) is 65.8 Å². The van der Waals surface area contributed by atoms with Crippen molar-refractivity contribution in [2.24, 2.45) is 5.10 Å². The van der Waals surface area contributed by atoms with E-state index in [0.29, 0.717) is 19.0 Å². The molecule has 1 N–H and O–H groups in total. The molecule has 0 radical (unpaired) electrons. The summed E-state index contributed by atoms with van der Waals surface area (Å²) in [5.74, 6) is 1.27. The topological polar surface area (TPSA) is 59.9 Å². The summed E-state index contributed by atoms with van der Waals surface area (Å²) in [6.45, 7) is 1.10. The van der Waals surface area contributed by atoms with Gasteiger partial charge in [0.05, 0.1) is 12.6 Å². The van der Waals surface area contributed by atoms with E-state index >= 15 is 0 Å². The minimum absolute atomic E-state index is 0.157. The van der Waals surface area contributed by atoms with Crippen molar-refractivity contribution in [1.82, 2.24) is 5.43 Å². The number of amides is 1. The lowest BCUT2D eigenvalue weighted by Gasteiger charge is -2.18. The van der Waals surface area contributed by atoms with Crippen LogP contribution >= 0.6 is 0 Å². The van der Waals surface area contributed by atoms with Crippen molar-refractivity contribution in [2.45, 2.75) is 6.42 Å². The molecule has 3 aromatic rings. The first-order valence-corrected chi connectivity index (χ1v) is 8.48. The Bertz CT molecular complexity index is 977. The number of hydrogen-bond donors (Lipinski definition) is 1. The van der Waals surface area contributed by atoms with Gasteiger partial charge in [0.2, 0.25) is 5.91 Å². The molecule has 3 aromatic carbocycles. The van der Waals surface area contributed by atoms with Gasteiger partial charge in [-0.2, -0.15) is 5.10 Å². The summed E-state index contributed by atoms with van der Waals surface area (Å²) in [5, 5.41) is 6.25. The fourth-order valence-corrected chi connectivity index (χ4v) is 2.98. The van der Waals surface area contributed by atoms with Crippen LogP contribution in [0.2, 0.25) is 0 Å². The zero-order chi connectivity index (χ0) is 17.8. The molecule has 1 heterocycles. The molecule has 0 aliphatic carbocycles. The zero-order valence-corrected chi connectivity index (χ0v) is 14.1. The third-order valence-electron chi connectivity index (χ3n) is 4.20. The predicted molar refractivity (Wildman–Crippen MR) is 101 cm³/mol. The molecule has 0 aromatic heterocycles. The van der Waals surface area contributed by atoms with Gasteiger partial charge >= 0.3 is 0 Å². The summed E-state index contributed by atoms with van der Waals surface area (Å²) >= 11 is 0. The minimum Gasteiger partial charge on any atom is -0.486 e. The van der Waals surface area contributed by atoms with Crippen molar-refractivity contribution in [1.29, 1.82) is 0 Å². The van der Waals surface area contributed by atoms with Crippen molar-refractivity contribution in [3.8, 4) is 11.5 Å². The molecule has 0 fully saturated rings. The van der Waals surface area contributed by atoms with Gasteiger partial charge < -0.3 is 9.47 Å². The number of fused-ring (bicyclic) bond motifs is 2. The molecule has 130 valence electrons. The molecule has 26 heavy (non-hydrogen) atoms. The Labute approximate surface area is 151 Å². The van der Waals surface area contributed by atoms with Gasteiger partial charge in [0.1, 0.15) is 13.2 Å². The van der Waals surface area contributed by atoms with Crippen LogP contribution in [0, 0.1) is 0 Å². The monoisotopic (exact) mass is 346 g/mol. The van der Waals surface area contributed by atoms with E-state index in [1.54, 1.807) is 6.21 Å². The number of hydrazone groups is 1. The maximum absolute atomic E-state index is 12.2. The van der Waals surface area contributed by atoms with Crippen molar-refractivity contribution in [3.05, 3.63) is 71.8 Å². The lowest BCUT2D eigenvalue weighted by molar-refractivity contribution is -0.120. The molecule has 0 unspecified atom stereocenters. The van der Waals surface area contributed by atoms with E-state index in [0.717, 1.165) is 27.6 Å². The van der Waals surface area contributed by atoms with E-state index in [4.69, 9.17) is 9.47 Å². The molecule has 5 nitrogen and oxygen atoms in total. The summed E-state index contributed by atoms with van der Waals surface area (Å²) in [7, 11) is 0. The highest BCUT2D eigenvalue weighted by atomic mass is 16.6. The second-order valence-corrected chi connectivity index (χ2v) is 6.01. The molecule has 1 aliphatic rings. The van der Waals surface area contributed by atoms with Crippen LogP contribution in [-0.2, 0) is 11.2 Å². The van der Waals surface area contributed by atoms with Gasteiger partial charge in [-0.1, -0.05) is 42.5 Å². The van der Waals surface area contributed by atoms with Crippen LogP contribution in [0.3, 0.4) is 0 Å². The van der Waals surface area contributed by atoms with Crippen molar-refractivity contribution >= 4 is 22.9 Å². The van der Waals surface area contributed by atoms with E-state index in [-0.39, 0.29) is 12.3 Å². The molecular weight excluding hydrogens is 328 g/mol. The van der Waals surface area contributed by atoms with Gasteiger partial charge in [0, 0.05) is 0 Å². The van der Waals surface area contributed by atoms with Gasteiger partial charge in [0.25, 0.3) is 0 Å². The summed E-state index contributed by atoms with van der Waals surface area (Å²) in [4.78, 5) is 12.2. The third kappa shape index (κ3) is 3.52. The Morgan fingerprint density at radius 2 is 1.81 bits per heavy atom. The van der Waals surface area contributed by atoms with Crippen molar-refractivity contribution in [2.75, 3.05) is 13.2 Å². The predicted octanol–water partition coefficient (Wildman–Crippen LogP) is 3.30. The average molecular weight is 346 g/mol. The molecule has 1 amide bonds. The molecule has 0 saturated carbocycles. The summed E-state index contributed by atoms with van der Waals surface area (Å²) in [5.41, 5.74) is 4.40. The van der Waals surface area contributed by atoms with Crippen LogP contribution in [0.5, 0.6) is 11.5 Å². The van der Waals surface area contributed by atoms with E-state index < -0.39 is 0 Å². The molecule has 0 atom stereocenters. The van der Waals surface area contributed by atoms with E-state index in [1.165, 1.54) is 0 Å². The molecule has 1 aliphatic heterocycles. The number of hydrogen-bond acceptors (Lipinski definition) is 4. The van der Waals surface area contributed by atoms with Crippen LogP contribution in [0.4, 0.5) is 0 Å². The highest BCUT2D eigenvalue weighted by Crippen LogP contribution is 2.30. The largest absolute Gasteiger partial charge is 0.486 e. The van der Waals surface area contributed by atoms with Gasteiger partial charge in [-0.3, -0.25) is 4.79 Å². The van der Waals surface area contributed by atoms with Gasteiger partial charge in [-0.15, -0.1) is 0 Å². The SMILES string of the molecule is O=C(Cc1cccc2ccccc12)N/N=C/c1ccc2c(c1)OCCO2. The highest BCUT2D eigenvalue weighted by molar-refractivity contribution is 5.90. The number of carbonyl (C=O) groups excluding carboxylic acids is 1. The normalized spacial score (nSPS) is 13.1. The average Bonchev–Trinajstić information content (AvgIpc) is 2.68. The second kappa shape index (κ2) is 7.27. The van der Waals surface area contributed by atoms with Crippen LogP contribution < -0.4 is 14.9 Å². The Kier molecular flexibility index (Phi) is 4.51. The second-order valence-electron chi connectivity index (χ2n) is 6.01. The van der Waals surface area contributed by atoms with Crippen molar-refractivity contribution in [3.63, 3.8) is 0 Å². The lowest BCUT2D eigenvalue weighted by atomic mass is 10.0. The Morgan fingerprint density at radius 1 is 1.00 bits per heavy atom. The number of ether oxygens (including phenoxy) is 2. The first kappa shape index (κ1) is 16.1. The summed E-state index contributed by atoms with van der Waals surface area (Å²) < 4.78 is 11.0. The third-order valence-corrected chi connectivity index (χ3v) is 4.20. The number of nitrogens with zero attached hydrogens (tertiary/aromatic N) is 1. The minimum atomic E-state index is -0.157. The number of nitrogens with one attached hydrogen (secondary N) is 1. The van der Waals surface area contributed by atoms with Gasteiger partial charge in [0.15, 0.2) is 11.5 Å². The number of carbonyl (C=O) groups is 1. The van der Waals surface area contributed by atoms with E-state index in [9.17, 15) is 4.79 Å². The fraction of sp³-hybridized carbons (Fsp3) is 0.143. The first-order valence-electron chi connectivity index (χ1n) is 8.48. The van der Waals surface area contributed by atoms with E-state index in [1.807, 2.05) is 60.7 Å². The van der Waals surface area contributed by atoms with Crippen LogP contribution in [0.1, 0.15) is 11.1 Å². The van der Waals surface area contributed by atoms with Gasteiger partial charge in [-0.05, 0) is 40.1 Å². The van der Waals surface area contributed by atoms with Crippen LogP contribution in [-0.4, -0.2) is 25.3 Å². The highest BCUT2D eigenvalue weighted by Gasteiger charge is 2.11.